The van der Waals surface area contributed by atoms with E-state index in [1.165, 1.54) is 54.5 Å². The third-order valence-corrected chi connectivity index (χ3v) is 6.45. The molecule has 3 aromatic heterocycles. The Bertz CT molecular complexity index is 1540. The molecule has 0 bridgehead atoms. The van der Waals surface area contributed by atoms with E-state index in [4.69, 9.17) is 13.5 Å². The van der Waals surface area contributed by atoms with Gasteiger partial charge in [-0.15, -0.1) is 0 Å². The number of pyridine rings is 2. The zero-order chi connectivity index (χ0) is 24.7. The summed E-state index contributed by atoms with van der Waals surface area (Å²) in [6.07, 6.45) is 7.03. The number of rotatable bonds is 2. The molecule has 1 aliphatic carbocycles. The predicted molar refractivity (Wildman–Crippen MR) is 142 cm³/mol. The van der Waals surface area contributed by atoms with E-state index in [1.54, 1.807) is 12.1 Å². The molecule has 1 fully saturated rings. The number of nitrogens with zero attached hydrogens (tertiary/aromatic N) is 2. The van der Waals surface area contributed by atoms with Crippen molar-refractivity contribution in [2.45, 2.75) is 45.4 Å². The van der Waals surface area contributed by atoms with Gasteiger partial charge >= 0.3 is 27.5 Å². The van der Waals surface area contributed by atoms with E-state index < -0.39 is 6.85 Å². The molecule has 1 saturated carbocycles. The normalized spacial score (nSPS) is 15.1. The monoisotopic (exact) mass is 653 g/mol. The van der Waals surface area contributed by atoms with Gasteiger partial charge in [0.15, 0.2) is 0 Å². The molecular weight excluding hydrogens is 620 g/mol. The number of halogens is 1. The van der Waals surface area contributed by atoms with E-state index in [0.717, 1.165) is 33.0 Å². The van der Waals surface area contributed by atoms with E-state index in [2.05, 4.69) is 57.9 Å². The van der Waals surface area contributed by atoms with Crippen LogP contribution in [0, 0.1) is 28.6 Å². The molecule has 178 valence electrons. The molecule has 0 N–H and O–H groups in total. The van der Waals surface area contributed by atoms with Crippen LogP contribution in [0.4, 0.5) is 0 Å². The number of fused-ring (bicyclic) bond motifs is 4. The number of aromatic nitrogens is 2. The average Bonchev–Trinajstić information content (AvgIpc) is 3.52. The Labute approximate surface area is 221 Å². The summed E-state index contributed by atoms with van der Waals surface area (Å²) in [7, 11) is 4.64. The average molecular weight is 653 g/mol. The SMILES string of the molecule is [2H]C([2H])([2H])c1ccc2c(n1)oc1c(-c3nccc4cc(C5CCCC5)ccc34)cc(C)cc12.[CH3-].[CH3-].[Cl][Ir+2]. The van der Waals surface area contributed by atoms with Crippen molar-refractivity contribution in [3.63, 3.8) is 0 Å². The van der Waals surface area contributed by atoms with Crippen LogP contribution in [0.15, 0.2) is 59.1 Å². The molecule has 34 heavy (non-hydrogen) atoms. The van der Waals surface area contributed by atoms with Crippen LogP contribution in [0.2, 0.25) is 0 Å². The molecule has 0 radical (unpaired) electrons. The number of benzene rings is 2. The van der Waals surface area contributed by atoms with Crippen molar-refractivity contribution in [3.05, 3.63) is 86.4 Å². The van der Waals surface area contributed by atoms with Gasteiger partial charge in [-0.2, -0.15) is 0 Å². The molecular formula is C29H30ClIrN2O. The number of hydrogen-bond donors (Lipinski definition) is 0. The quantitative estimate of drug-likeness (QED) is 0.179. The fraction of sp³-hybridized carbons (Fsp3) is 0.241. The molecule has 0 amide bonds. The van der Waals surface area contributed by atoms with Crippen molar-refractivity contribution in [2.24, 2.45) is 0 Å². The van der Waals surface area contributed by atoms with E-state index >= 15 is 0 Å². The van der Waals surface area contributed by atoms with E-state index in [1.807, 2.05) is 6.20 Å². The van der Waals surface area contributed by atoms with Crippen molar-refractivity contribution in [2.75, 3.05) is 0 Å². The van der Waals surface area contributed by atoms with Crippen LogP contribution in [-0.4, -0.2) is 9.97 Å². The summed E-state index contributed by atoms with van der Waals surface area (Å²) in [5, 5.41) is 4.00. The zero-order valence-corrected chi connectivity index (χ0v) is 22.8. The van der Waals surface area contributed by atoms with Crippen molar-refractivity contribution in [3.8, 4) is 11.3 Å². The summed E-state index contributed by atoms with van der Waals surface area (Å²) in [6, 6.07) is 16.3. The molecule has 0 spiro atoms. The Morgan fingerprint density at radius 2 is 1.74 bits per heavy atom. The van der Waals surface area contributed by atoms with Crippen LogP contribution in [0.1, 0.15) is 52.5 Å². The molecule has 5 heteroatoms. The van der Waals surface area contributed by atoms with Crippen LogP contribution >= 0.6 is 9.58 Å². The molecule has 0 unspecified atom stereocenters. The fourth-order valence-corrected chi connectivity index (χ4v) is 5.00. The van der Waals surface area contributed by atoms with Gasteiger partial charge in [-0.1, -0.05) is 31.0 Å². The van der Waals surface area contributed by atoms with Crippen LogP contribution in [0.5, 0.6) is 0 Å². The van der Waals surface area contributed by atoms with Crippen molar-refractivity contribution < 1.29 is 26.4 Å². The van der Waals surface area contributed by atoms with Gasteiger partial charge < -0.3 is 19.3 Å². The maximum atomic E-state index is 7.68. The first kappa shape index (κ1) is 22.2. The molecule has 1 aliphatic rings. The van der Waals surface area contributed by atoms with Gasteiger partial charge in [0.1, 0.15) is 5.58 Å². The van der Waals surface area contributed by atoms with Crippen molar-refractivity contribution >= 4 is 42.4 Å². The van der Waals surface area contributed by atoms with E-state index in [9.17, 15) is 0 Å². The summed E-state index contributed by atoms with van der Waals surface area (Å²) in [6.45, 7) is -0.227. The second-order valence-corrected chi connectivity index (χ2v) is 8.46. The Hall–Kier alpha value is -2.26. The van der Waals surface area contributed by atoms with Gasteiger partial charge in [0.25, 0.3) is 0 Å². The zero-order valence-electron chi connectivity index (χ0n) is 22.6. The first-order chi connectivity index (χ1) is 16.9. The van der Waals surface area contributed by atoms with Crippen LogP contribution < -0.4 is 0 Å². The number of hydrogen-bond acceptors (Lipinski definition) is 3. The van der Waals surface area contributed by atoms with Crippen molar-refractivity contribution in [1.82, 2.24) is 9.97 Å². The molecule has 5 aromatic rings. The summed E-state index contributed by atoms with van der Waals surface area (Å²) < 4.78 is 29.2. The Morgan fingerprint density at radius 3 is 2.50 bits per heavy atom. The standard InChI is InChI=1S/C27H24N2O.2CH3.ClH.Ir/c1-16-13-23-22-9-7-17(2)29-27(22)30-26(23)24(14-16)25-21-10-8-19(18-5-3-4-6-18)15-20(21)11-12-28-25;;;;/h7-15,18H,3-6H2,1-2H3;2*1H3;1H;/q;2*-1;;+3/p-1/i2D3;;;;. The second kappa shape index (κ2) is 11.0. The Morgan fingerprint density at radius 1 is 0.971 bits per heavy atom. The molecule has 3 nitrogen and oxygen atoms in total. The number of furan rings is 1. The third kappa shape index (κ3) is 4.64. The van der Waals surface area contributed by atoms with Gasteiger partial charge in [-0.05, 0) is 79.4 Å². The molecule has 0 aliphatic heterocycles. The summed E-state index contributed by atoms with van der Waals surface area (Å²) in [5.41, 5.74) is 5.33. The van der Waals surface area contributed by atoms with Gasteiger partial charge in [0, 0.05) is 37.7 Å². The Balaban J connectivity index is 0.000000929. The molecule has 6 rings (SSSR count). The minimum absolute atomic E-state index is 0. The minimum atomic E-state index is -2.28. The summed E-state index contributed by atoms with van der Waals surface area (Å²) >= 11 is 1.47. The maximum absolute atomic E-state index is 7.68. The summed E-state index contributed by atoms with van der Waals surface area (Å²) in [4.78, 5) is 9.07. The molecule has 2 aromatic carbocycles. The number of aryl methyl sites for hydroxylation is 2. The van der Waals surface area contributed by atoms with Crippen LogP contribution in [-0.2, 0) is 17.9 Å². The van der Waals surface area contributed by atoms with Gasteiger partial charge in [0.05, 0.1) is 5.69 Å². The predicted octanol–water partition coefficient (Wildman–Crippen LogP) is 9.06. The fourth-order valence-electron chi connectivity index (χ4n) is 5.00. The molecule has 3 heterocycles. The second-order valence-electron chi connectivity index (χ2n) is 8.46. The molecule has 0 atom stereocenters. The van der Waals surface area contributed by atoms with Crippen LogP contribution in [0.3, 0.4) is 0 Å². The van der Waals surface area contributed by atoms with Gasteiger partial charge in [-0.3, -0.25) is 4.98 Å². The van der Waals surface area contributed by atoms with Gasteiger partial charge in [-0.25, -0.2) is 4.98 Å². The van der Waals surface area contributed by atoms with Crippen molar-refractivity contribution in [1.29, 1.82) is 0 Å². The third-order valence-electron chi connectivity index (χ3n) is 6.45. The molecule has 0 saturated heterocycles. The van der Waals surface area contributed by atoms with E-state index in [-0.39, 0.29) is 20.5 Å². The Kier molecular flexibility index (Phi) is 7.18. The van der Waals surface area contributed by atoms with E-state index in [0.29, 0.717) is 17.2 Å². The van der Waals surface area contributed by atoms with Crippen LogP contribution in [0.25, 0.3) is 44.1 Å². The first-order valence-corrected chi connectivity index (χ1v) is 13.7. The van der Waals surface area contributed by atoms with Gasteiger partial charge in [0.2, 0.25) is 5.71 Å². The first-order valence-electron chi connectivity index (χ1n) is 12.2. The summed E-state index contributed by atoms with van der Waals surface area (Å²) in [5.74, 6) is 0.658. The topological polar surface area (TPSA) is 38.9 Å².